The first-order valence-electron chi connectivity index (χ1n) is 6.64. The highest BCUT2D eigenvalue weighted by molar-refractivity contribution is 5.87. The normalized spacial score (nSPS) is 39.8. The highest BCUT2D eigenvalue weighted by atomic mass is 16.6. The molecule has 4 heteroatoms. The molecule has 18 heavy (non-hydrogen) atoms. The van der Waals surface area contributed by atoms with Crippen LogP contribution in [0.4, 0.5) is 0 Å². The molecule has 2 bridgehead atoms. The number of esters is 1. The van der Waals surface area contributed by atoms with Crippen molar-refractivity contribution in [1.29, 1.82) is 0 Å². The van der Waals surface area contributed by atoms with Crippen molar-refractivity contribution in [3.8, 4) is 0 Å². The van der Waals surface area contributed by atoms with Crippen LogP contribution in [0, 0.1) is 0 Å². The van der Waals surface area contributed by atoms with Crippen molar-refractivity contribution in [3.05, 3.63) is 12.2 Å². The van der Waals surface area contributed by atoms with E-state index in [1.807, 2.05) is 0 Å². The van der Waals surface area contributed by atoms with E-state index in [-0.39, 0.29) is 5.97 Å². The van der Waals surface area contributed by atoms with Gasteiger partial charge in [0.2, 0.25) is 0 Å². The van der Waals surface area contributed by atoms with E-state index < -0.39 is 17.3 Å². The molecule has 0 saturated heterocycles. The van der Waals surface area contributed by atoms with E-state index in [1.165, 1.54) is 0 Å². The zero-order chi connectivity index (χ0) is 13.4. The molecule has 4 nitrogen and oxygen atoms in total. The topological polar surface area (TPSA) is 66.8 Å². The van der Waals surface area contributed by atoms with E-state index >= 15 is 0 Å². The first kappa shape index (κ1) is 13.6. The lowest BCUT2D eigenvalue weighted by Gasteiger charge is -2.34. The van der Waals surface area contributed by atoms with E-state index in [0.29, 0.717) is 44.1 Å². The van der Waals surface area contributed by atoms with Crippen LogP contribution in [0.1, 0.15) is 51.9 Å². The highest BCUT2D eigenvalue weighted by Gasteiger charge is 2.51. The summed E-state index contributed by atoms with van der Waals surface area (Å²) >= 11 is 0. The average molecular weight is 254 g/mol. The van der Waals surface area contributed by atoms with Gasteiger partial charge in [-0.25, -0.2) is 4.79 Å². The molecule has 3 atom stereocenters. The molecule has 3 unspecified atom stereocenters. The van der Waals surface area contributed by atoms with Gasteiger partial charge in [-0.15, -0.1) is 0 Å². The van der Waals surface area contributed by atoms with Crippen LogP contribution >= 0.6 is 0 Å². The summed E-state index contributed by atoms with van der Waals surface area (Å²) in [6, 6.07) is 0. The van der Waals surface area contributed by atoms with Gasteiger partial charge >= 0.3 is 5.97 Å². The van der Waals surface area contributed by atoms with Crippen molar-refractivity contribution in [2.75, 3.05) is 0 Å². The Morgan fingerprint density at radius 2 is 2.11 bits per heavy atom. The Hall–Kier alpha value is -0.870. The molecule has 0 spiro atoms. The number of aliphatic hydroxyl groups excluding tert-OH is 1. The Morgan fingerprint density at radius 1 is 1.39 bits per heavy atom. The summed E-state index contributed by atoms with van der Waals surface area (Å²) in [7, 11) is 0. The number of ether oxygens (including phenoxy) is 1. The van der Waals surface area contributed by atoms with E-state index in [1.54, 1.807) is 6.92 Å². The van der Waals surface area contributed by atoms with Gasteiger partial charge in [-0.05, 0) is 39.0 Å². The largest absolute Gasteiger partial charge is 0.456 e. The van der Waals surface area contributed by atoms with E-state index in [0.717, 1.165) is 6.42 Å². The van der Waals surface area contributed by atoms with E-state index in [2.05, 4.69) is 6.58 Å². The third-order valence-corrected chi connectivity index (χ3v) is 4.14. The molecule has 2 aliphatic carbocycles. The van der Waals surface area contributed by atoms with Gasteiger partial charge in [-0.2, -0.15) is 0 Å². The molecule has 2 aliphatic rings. The lowest BCUT2D eigenvalue weighted by atomic mass is 9.84. The highest BCUT2D eigenvalue weighted by Crippen LogP contribution is 2.47. The number of hydrogen-bond donors (Lipinski definition) is 2. The molecule has 2 fully saturated rings. The van der Waals surface area contributed by atoms with Crippen LogP contribution in [-0.2, 0) is 9.53 Å². The Labute approximate surface area is 108 Å². The van der Waals surface area contributed by atoms with Crippen LogP contribution in [-0.4, -0.2) is 33.5 Å². The number of hydrogen-bond acceptors (Lipinski definition) is 4. The molecule has 0 radical (unpaired) electrons. The van der Waals surface area contributed by atoms with Crippen molar-refractivity contribution in [3.63, 3.8) is 0 Å². The van der Waals surface area contributed by atoms with Crippen LogP contribution in [0.5, 0.6) is 0 Å². The summed E-state index contributed by atoms with van der Waals surface area (Å²) in [5.74, 6) is -0.375. The lowest BCUT2D eigenvalue weighted by Crippen LogP contribution is -2.40. The predicted molar refractivity (Wildman–Crippen MR) is 66.9 cm³/mol. The quantitative estimate of drug-likeness (QED) is 0.581. The van der Waals surface area contributed by atoms with Gasteiger partial charge in [0.1, 0.15) is 5.60 Å². The molecule has 0 aromatic heterocycles. The molecule has 0 aromatic carbocycles. The second-order valence-corrected chi connectivity index (χ2v) is 6.00. The van der Waals surface area contributed by atoms with Crippen molar-refractivity contribution >= 4 is 5.97 Å². The third-order valence-electron chi connectivity index (χ3n) is 4.14. The molecular formula is C14H22O4. The Bertz CT molecular complexity index is 365. The third kappa shape index (κ3) is 2.75. The first-order valence-corrected chi connectivity index (χ1v) is 6.64. The van der Waals surface area contributed by atoms with Gasteiger partial charge in [0, 0.05) is 18.4 Å². The molecule has 0 heterocycles. The van der Waals surface area contributed by atoms with Crippen LogP contribution in [0.25, 0.3) is 0 Å². The number of rotatable bonds is 2. The molecule has 0 amide bonds. The molecule has 2 N–H and O–H groups in total. The van der Waals surface area contributed by atoms with Gasteiger partial charge < -0.3 is 14.9 Å². The van der Waals surface area contributed by atoms with Crippen molar-refractivity contribution in [2.45, 2.75) is 69.2 Å². The minimum atomic E-state index is -0.880. The number of carbonyl (C=O) groups excluding carboxylic acids is 1. The van der Waals surface area contributed by atoms with E-state index in [9.17, 15) is 15.0 Å². The number of carbonyl (C=O) groups is 1. The summed E-state index contributed by atoms with van der Waals surface area (Å²) in [6.45, 7) is 5.23. The van der Waals surface area contributed by atoms with Crippen LogP contribution < -0.4 is 0 Å². The summed E-state index contributed by atoms with van der Waals surface area (Å²) in [5.41, 5.74) is -1.04. The average Bonchev–Trinajstić information content (AvgIpc) is 2.56. The Morgan fingerprint density at radius 3 is 2.78 bits per heavy atom. The van der Waals surface area contributed by atoms with Crippen LogP contribution in [0.15, 0.2) is 12.2 Å². The van der Waals surface area contributed by atoms with Gasteiger partial charge in [-0.1, -0.05) is 6.58 Å². The number of aliphatic hydroxyl groups is 2. The summed E-state index contributed by atoms with van der Waals surface area (Å²) < 4.78 is 5.59. The van der Waals surface area contributed by atoms with Gasteiger partial charge in [-0.3, -0.25) is 0 Å². The lowest BCUT2D eigenvalue weighted by molar-refractivity contribution is -0.158. The van der Waals surface area contributed by atoms with Crippen LogP contribution in [0.2, 0.25) is 0 Å². The minimum Gasteiger partial charge on any atom is -0.456 e. The molecule has 2 saturated carbocycles. The molecule has 0 aromatic rings. The second-order valence-electron chi connectivity index (χ2n) is 6.00. The first-order chi connectivity index (χ1) is 8.34. The fourth-order valence-electron chi connectivity index (χ4n) is 3.25. The van der Waals surface area contributed by atoms with Crippen molar-refractivity contribution in [2.24, 2.45) is 0 Å². The zero-order valence-corrected chi connectivity index (χ0v) is 10.9. The Balaban J connectivity index is 2.13. The fourth-order valence-corrected chi connectivity index (χ4v) is 3.25. The SMILES string of the molecule is C=C(C)C(=O)OC12CCCC(O)CC(O)(CC1)C2. The summed E-state index contributed by atoms with van der Waals surface area (Å²) in [6.07, 6.45) is 3.85. The standard InChI is InChI=1S/C14H22O4/c1-10(2)12(16)18-14-5-3-4-11(15)8-13(17,9-14)6-7-14/h11,15,17H,1,3-9H2,2H3. The fraction of sp³-hybridized carbons (Fsp3) is 0.786. The van der Waals surface area contributed by atoms with Crippen molar-refractivity contribution < 1.29 is 19.7 Å². The molecule has 0 aliphatic heterocycles. The van der Waals surface area contributed by atoms with Crippen molar-refractivity contribution in [1.82, 2.24) is 0 Å². The maximum Gasteiger partial charge on any atom is 0.333 e. The van der Waals surface area contributed by atoms with E-state index in [4.69, 9.17) is 4.74 Å². The van der Waals surface area contributed by atoms with Gasteiger partial charge in [0.25, 0.3) is 0 Å². The minimum absolute atomic E-state index is 0.375. The van der Waals surface area contributed by atoms with Crippen LogP contribution in [0.3, 0.4) is 0 Å². The zero-order valence-electron chi connectivity index (χ0n) is 10.9. The maximum atomic E-state index is 11.7. The van der Waals surface area contributed by atoms with Gasteiger partial charge in [0.15, 0.2) is 0 Å². The molecule has 102 valence electrons. The number of fused-ring (bicyclic) bond motifs is 2. The monoisotopic (exact) mass is 254 g/mol. The summed E-state index contributed by atoms with van der Waals surface area (Å²) in [4.78, 5) is 11.7. The Kier molecular flexibility index (Phi) is 3.52. The predicted octanol–water partition coefficient (Wildman–Crippen LogP) is 1.69. The second kappa shape index (κ2) is 4.67. The summed E-state index contributed by atoms with van der Waals surface area (Å²) in [5, 5.41) is 20.2. The smallest absolute Gasteiger partial charge is 0.333 e. The molecule has 2 rings (SSSR count). The molecular weight excluding hydrogens is 232 g/mol. The van der Waals surface area contributed by atoms with Gasteiger partial charge in [0.05, 0.1) is 11.7 Å². The maximum absolute atomic E-state index is 11.7.